The van der Waals surface area contributed by atoms with E-state index in [1.807, 2.05) is 0 Å². The molecule has 2 N–H and O–H groups in total. The van der Waals surface area contributed by atoms with Crippen LogP contribution in [0.1, 0.15) is 77.6 Å². The first-order valence-electron chi connectivity index (χ1n) is 9.12. The maximum atomic E-state index is 10.5. The number of aliphatic hydroxyl groups is 1. The summed E-state index contributed by atoms with van der Waals surface area (Å²) in [6, 6.07) is 0. The molecule has 0 amide bonds. The SMILES string of the molecule is CCCCCCCCCCCCC(O)C(COC)OCC(=O)O. The lowest BCUT2D eigenvalue weighted by Crippen LogP contribution is -2.34. The standard InChI is InChI=1S/C18H36O5/c1-3-4-5-6-7-8-9-10-11-12-13-16(19)17(14-22-2)23-15-18(20)21/h16-17,19H,3-15H2,1-2H3,(H,20,21). The minimum Gasteiger partial charge on any atom is -0.480 e. The van der Waals surface area contributed by atoms with Crippen molar-refractivity contribution in [3.8, 4) is 0 Å². The average Bonchev–Trinajstić information content (AvgIpc) is 2.52. The first-order chi connectivity index (χ1) is 11.1. The summed E-state index contributed by atoms with van der Waals surface area (Å²) in [5.74, 6) is -1.03. The number of aliphatic hydroxyl groups excluding tert-OH is 1. The van der Waals surface area contributed by atoms with Crippen LogP contribution in [-0.2, 0) is 14.3 Å². The molecule has 2 unspecified atom stereocenters. The third-order valence-electron chi connectivity index (χ3n) is 4.03. The van der Waals surface area contributed by atoms with Crippen molar-refractivity contribution in [1.29, 1.82) is 0 Å². The highest BCUT2D eigenvalue weighted by Gasteiger charge is 2.20. The monoisotopic (exact) mass is 332 g/mol. The first kappa shape index (κ1) is 22.4. The van der Waals surface area contributed by atoms with E-state index in [-0.39, 0.29) is 6.61 Å². The van der Waals surface area contributed by atoms with Crippen LogP contribution in [0.5, 0.6) is 0 Å². The van der Waals surface area contributed by atoms with E-state index in [1.165, 1.54) is 58.5 Å². The first-order valence-corrected chi connectivity index (χ1v) is 9.12. The van der Waals surface area contributed by atoms with Gasteiger partial charge in [-0.15, -0.1) is 0 Å². The van der Waals surface area contributed by atoms with Gasteiger partial charge in [-0.2, -0.15) is 0 Å². The molecule has 0 saturated heterocycles. The smallest absolute Gasteiger partial charge is 0.329 e. The Labute approximate surface area is 141 Å². The Morgan fingerprint density at radius 3 is 1.96 bits per heavy atom. The highest BCUT2D eigenvalue weighted by molar-refractivity contribution is 5.68. The van der Waals surface area contributed by atoms with Crippen LogP contribution < -0.4 is 0 Å². The number of hydrogen-bond donors (Lipinski definition) is 2. The van der Waals surface area contributed by atoms with Crippen molar-refractivity contribution in [1.82, 2.24) is 0 Å². The number of ether oxygens (including phenoxy) is 2. The number of hydrogen-bond acceptors (Lipinski definition) is 4. The van der Waals surface area contributed by atoms with Crippen LogP contribution in [0.2, 0.25) is 0 Å². The highest BCUT2D eigenvalue weighted by Crippen LogP contribution is 2.14. The number of carboxylic acid groups (broad SMARTS) is 1. The van der Waals surface area contributed by atoms with Gasteiger partial charge in [-0.05, 0) is 6.42 Å². The van der Waals surface area contributed by atoms with Crippen LogP contribution in [0.15, 0.2) is 0 Å². The van der Waals surface area contributed by atoms with Crippen LogP contribution in [-0.4, -0.2) is 48.7 Å². The van der Waals surface area contributed by atoms with E-state index < -0.39 is 24.8 Å². The quantitative estimate of drug-likeness (QED) is 0.396. The Bertz CT molecular complexity index is 270. The van der Waals surface area contributed by atoms with E-state index in [4.69, 9.17) is 14.6 Å². The van der Waals surface area contributed by atoms with Gasteiger partial charge >= 0.3 is 5.97 Å². The molecule has 0 aromatic heterocycles. The number of carbonyl (C=O) groups is 1. The van der Waals surface area contributed by atoms with Crippen molar-refractivity contribution < 1.29 is 24.5 Å². The molecule has 0 aliphatic rings. The van der Waals surface area contributed by atoms with E-state index in [1.54, 1.807) is 0 Å². The molecule has 0 saturated carbocycles. The topological polar surface area (TPSA) is 76.0 Å². The van der Waals surface area contributed by atoms with E-state index in [9.17, 15) is 9.90 Å². The molecule has 2 atom stereocenters. The van der Waals surface area contributed by atoms with Crippen LogP contribution in [0, 0.1) is 0 Å². The molecule has 0 aliphatic carbocycles. The van der Waals surface area contributed by atoms with E-state index >= 15 is 0 Å². The Kier molecular flexibility index (Phi) is 15.8. The van der Waals surface area contributed by atoms with Crippen molar-refractivity contribution in [2.24, 2.45) is 0 Å². The second-order valence-electron chi connectivity index (χ2n) is 6.24. The summed E-state index contributed by atoms with van der Waals surface area (Å²) < 4.78 is 10.2. The summed E-state index contributed by atoms with van der Waals surface area (Å²) in [4.78, 5) is 10.5. The number of rotatable bonds is 17. The highest BCUT2D eigenvalue weighted by atomic mass is 16.5. The molecule has 0 heterocycles. The molecule has 5 heteroatoms. The minimum absolute atomic E-state index is 0.214. The van der Waals surface area contributed by atoms with Crippen LogP contribution in [0.4, 0.5) is 0 Å². The lowest BCUT2D eigenvalue weighted by Gasteiger charge is -2.22. The summed E-state index contributed by atoms with van der Waals surface area (Å²) in [5, 5.41) is 18.7. The Balaban J connectivity index is 3.58. The van der Waals surface area contributed by atoms with Gasteiger partial charge in [0.25, 0.3) is 0 Å². The molecule has 0 spiro atoms. The molecule has 0 aliphatic heterocycles. The van der Waals surface area contributed by atoms with Gasteiger partial charge in [-0.3, -0.25) is 0 Å². The third-order valence-corrected chi connectivity index (χ3v) is 4.03. The van der Waals surface area contributed by atoms with Crippen molar-refractivity contribution in [3.05, 3.63) is 0 Å². The zero-order chi connectivity index (χ0) is 17.3. The molecule has 0 rings (SSSR count). The van der Waals surface area contributed by atoms with Gasteiger partial charge < -0.3 is 19.7 Å². The predicted molar refractivity (Wildman–Crippen MR) is 91.7 cm³/mol. The second-order valence-corrected chi connectivity index (χ2v) is 6.24. The fourth-order valence-corrected chi connectivity index (χ4v) is 2.64. The van der Waals surface area contributed by atoms with E-state index in [0.717, 1.165) is 12.8 Å². The third kappa shape index (κ3) is 14.7. The van der Waals surface area contributed by atoms with Gasteiger partial charge in [0.15, 0.2) is 0 Å². The van der Waals surface area contributed by atoms with Crippen LogP contribution in [0.3, 0.4) is 0 Å². The maximum absolute atomic E-state index is 10.5. The number of unbranched alkanes of at least 4 members (excludes halogenated alkanes) is 9. The van der Waals surface area contributed by atoms with E-state index in [0.29, 0.717) is 6.42 Å². The molecule has 0 aromatic carbocycles. The van der Waals surface area contributed by atoms with Gasteiger partial charge in [0.1, 0.15) is 12.7 Å². The fourth-order valence-electron chi connectivity index (χ4n) is 2.64. The second kappa shape index (κ2) is 16.2. The van der Waals surface area contributed by atoms with Gasteiger partial charge in [0, 0.05) is 7.11 Å². The molecule has 0 fully saturated rings. The lowest BCUT2D eigenvalue weighted by molar-refractivity contribution is -0.149. The average molecular weight is 332 g/mol. The summed E-state index contributed by atoms with van der Waals surface area (Å²) in [5.41, 5.74) is 0. The summed E-state index contributed by atoms with van der Waals surface area (Å²) in [7, 11) is 1.52. The van der Waals surface area contributed by atoms with Crippen LogP contribution in [0.25, 0.3) is 0 Å². The molecule has 0 bridgehead atoms. The summed E-state index contributed by atoms with van der Waals surface area (Å²) in [6.45, 7) is 2.05. The molecule has 23 heavy (non-hydrogen) atoms. The molecule has 5 nitrogen and oxygen atoms in total. The van der Waals surface area contributed by atoms with Crippen molar-refractivity contribution in [2.45, 2.75) is 89.8 Å². The number of aliphatic carboxylic acids is 1. The normalized spacial score (nSPS) is 13.9. The molecule has 0 aromatic rings. The number of methoxy groups -OCH3 is 1. The van der Waals surface area contributed by atoms with E-state index in [2.05, 4.69) is 6.92 Å². The van der Waals surface area contributed by atoms with Crippen molar-refractivity contribution in [3.63, 3.8) is 0 Å². The molecule has 138 valence electrons. The van der Waals surface area contributed by atoms with Gasteiger partial charge in [0.2, 0.25) is 0 Å². The lowest BCUT2D eigenvalue weighted by atomic mass is 10.0. The Morgan fingerprint density at radius 1 is 0.957 bits per heavy atom. The zero-order valence-corrected chi connectivity index (χ0v) is 15.0. The summed E-state index contributed by atoms with van der Waals surface area (Å²) in [6.07, 6.45) is 11.9. The van der Waals surface area contributed by atoms with Crippen molar-refractivity contribution >= 4 is 5.97 Å². The summed E-state index contributed by atoms with van der Waals surface area (Å²) >= 11 is 0. The fraction of sp³-hybridized carbons (Fsp3) is 0.944. The van der Waals surface area contributed by atoms with Crippen LogP contribution >= 0.6 is 0 Å². The predicted octanol–water partition coefficient (Wildman–Crippen LogP) is 3.77. The Hall–Kier alpha value is -0.650. The van der Waals surface area contributed by atoms with Gasteiger partial charge in [0.05, 0.1) is 12.7 Å². The maximum Gasteiger partial charge on any atom is 0.329 e. The molecular formula is C18H36O5. The van der Waals surface area contributed by atoms with Gasteiger partial charge in [-0.1, -0.05) is 71.1 Å². The number of carboxylic acids is 1. The van der Waals surface area contributed by atoms with Gasteiger partial charge in [-0.25, -0.2) is 4.79 Å². The molecular weight excluding hydrogens is 296 g/mol. The minimum atomic E-state index is -1.03. The Morgan fingerprint density at radius 2 is 1.48 bits per heavy atom. The largest absolute Gasteiger partial charge is 0.480 e. The zero-order valence-electron chi connectivity index (χ0n) is 15.0. The molecule has 0 radical (unpaired) electrons. The van der Waals surface area contributed by atoms with Crippen molar-refractivity contribution in [2.75, 3.05) is 20.3 Å².